The Morgan fingerprint density at radius 3 is 2.81 bits per heavy atom. The number of benzene rings is 1. The minimum atomic E-state index is 0.00287. The number of nitrogens with zero attached hydrogens (tertiary/aromatic N) is 2. The van der Waals surface area contributed by atoms with Crippen LogP contribution in [0.4, 0.5) is 0 Å². The van der Waals surface area contributed by atoms with Gasteiger partial charge in [0.15, 0.2) is 0 Å². The summed E-state index contributed by atoms with van der Waals surface area (Å²) < 4.78 is 1.66. The summed E-state index contributed by atoms with van der Waals surface area (Å²) in [6.45, 7) is 2.50. The number of alkyl halides is 1. The van der Waals surface area contributed by atoms with E-state index in [0.29, 0.717) is 17.8 Å². The van der Waals surface area contributed by atoms with Crippen LogP contribution >= 0.6 is 11.6 Å². The van der Waals surface area contributed by atoms with Gasteiger partial charge in [-0.15, -0.1) is 11.6 Å². The van der Waals surface area contributed by atoms with E-state index in [-0.39, 0.29) is 5.56 Å². The van der Waals surface area contributed by atoms with Crippen molar-refractivity contribution in [2.45, 2.75) is 19.9 Å². The fraction of sp³-hybridized carbons (Fsp3) is 0.333. The van der Waals surface area contributed by atoms with Gasteiger partial charge in [0.25, 0.3) is 5.56 Å². The van der Waals surface area contributed by atoms with Crippen molar-refractivity contribution in [3.63, 3.8) is 0 Å². The Balaban J connectivity index is 2.77. The van der Waals surface area contributed by atoms with E-state index in [2.05, 4.69) is 4.98 Å². The zero-order valence-electron chi connectivity index (χ0n) is 9.11. The van der Waals surface area contributed by atoms with Crippen LogP contribution in [0.3, 0.4) is 0 Å². The van der Waals surface area contributed by atoms with Gasteiger partial charge in [-0.3, -0.25) is 9.36 Å². The van der Waals surface area contributed by atoms with Crippen LogP contribution in [0.2, 0.25) is 0 Å². The SMILES string of the molecule is CCc1nc2ccccc2c(=O)n1CCCl. The van der Waals surface area contributed by atoms with Crippen LogP contribution in [0.1, 0.15) is 12.7 Å². The predicted octanol–water partition coefficient (Wildman–Crippen LogP) is 2.20. The fourth-order valence-corrected chi connectivity index (χ4v) is 1.97. The Morgan fingerprint density at radius 1 is 1.38 bits per heavy atom. The normalized spacial score (nSPS) is 10.9. The molecule has 0 bridgehead atoms. The van der Waals surface area contributed by atoms with Crippen LogP contribution in [-0.2, 0) is 13.0 Å². The largest absolute Gasteiger partial charge is 0.295 e. The zero-order valence-corrected chi connectivity index (χ0v) is 9.87. The molecule has 3 nitrogen and oxygen atoms in total. The van der Waals surface area contributed by atoms with Gasteiger partial charge < -0.3 is 0 Å². The molecule has 0 saturated heterocycles. The van der Waals surface area contributed by atoms with Crippen molar-refractivity contribution < 1.29 is 0 Å². The third-order valence-electron chi connectivity index (χ3n) is 2.57. The lowest BCUT2D eigenvalue weighted by atomic mass is 10.2. The summed E-state index contributed by atoms with van der Waals surface area (Å²) in [4.78, 5) is 16.6. The number of halogens is 1. The summed E-state index contributed by atoms with van der Waals surface area (Å²) in [7, 11) is 0. The van der Waals surface area contributed by atoms with Crippen molar-refractivity contribution in [2.75, 3.05) is 5.88 Å². The minimum Gasteiger partial charge on any atom is -0.295 e. The van der Waals surface area contributed by atoms with Crippen molar-refractivity contribution in [2.24, 2.45) is 0 Å². The lowest BCUT2D eigenvalue weighted by molar-refractivity contribution is 0.666. The second-order valence-corrected chi connectivity index (χ2v) is 3.92. The first-order valence-electron chi connectivity index (χ1n) is 5.32. The molecular formula is C12H13ClN2O. The number of rotatable bonds is 3. The van der Waals surface area contributed by atoms with Gasteiger partial charge in [0.05, 0.1) is 10.9 Å². The van der Waals surface area contributed by atoms with E-state index in [0.717, 1.165) is 17.8 Å². The lowest BCUT2D eigenvalue weighted by Gasteiger charge is -2.10. The Labute approximate surface area is 98.7 Å². The molecule has 0 unspecified atom stereocenters. The Hall–Kier alpha value is -1.35. The molecule has 1 aromatic heterocycles. The molecule has 0 saturated carbocycles. The summed E-state index contributed by atoms with van der Waals surface area (Å²) in [5, 5.41) is 0.657. The maximum absolute atomic E-state index is 12.2. The number of aromatic nitrogens is 2. The molecule has 0 atom stereocenters. The van der Waals surface area contributed by atoms with Gasteiger partial charge in [0.2, 0.25) is 0 Å². The average molecular weight is 237 g/mol. The van der Waals surface area contributed by atoms with E-state index in [1.165, 1.54) is 0 Å². The molecule has 0 N–H and O–H groups in total. The Kier molecular flexibility index (Phi) is 3.25. The van der Waals surface area contributed by atoms with Gasteiger partial charge in [-0.25, -0.2) is 4.98 Å². The molecule has 0 fully saturated rings. The van der Waals surface area contributed by atoms with Crippen molar-refractivity contribution in [1.82, 2.24) is 9.55 Å². The first-order chi connectivity index (χ1) is 7.77. The molecule has 16 heavy (non-hydrogen) atoms. The third-order valence-corrected chi connectivity index (χ3v) is 2.73. The third kappa shape index (κ3) is 1.83. The van der Waals surface area contributed by atoms with E-state index in [9.17, 15) is 4.79 Å². The highest BCUT2D eigenvalue weighted by Crippen LogP contribution is 2.08. The molecule has 0 spiro atoms. The molecular weight excluding hydrogens is 224 g/mol. The number of aryl methyl sites for hydroxylation is 1. The molecule has 1 heterocycles. The molecule has 0 aliphatic heterocycles. The lowest BCUT2D eigenvalue weighted by Crippen LogP contribution is -2.25. The first-order valence-corrected chi connectivity index (χ1v) is 5.85. The minimum absolute atomic E-state index is 0.00287. The summed E-state index contributed by atoms with van der Waals surface area (Å²) in [5.41, 5.74) is 0.762. The zero-order chi connectivity index (χ0) is 11.5. The van der Waals surface area contributed by atoms with Crippen molar-refractivity contribution in [3.05, 3.63) is 40.4 Å². The smallest absolute Gasteiger partial charge is 0.261 e. The van der Waals surface area contributed by atoms with Gasteiger partial charge in [-0.1, -0.05) is 19.1 Å². The van der Waals surface area contributed by atoms with Crippen LogP contribution in [0.5, 0.6) is 0 Å². The summed E-state index contributed by atoms with van der Waals surface area (Å²) in [6.07, 6.45) is 0.733. The van der Waals surface area contributed by atoms with Crippen LogP contribution < -0.4 is 5.56 Å². The molecule has 2 aromatic rings. The fourth-order valence-electron chi connectivity index (χ4n) is 1.80. The van der Waals surface area contributed by atoms with Crippen molar-refractivity contribution >= 4 is 22.5 Å². The van der Waals surface area contributed by atoms with E-state index < -0.39 is 0 Å². The number of para-hydroxylation sites is 1. The van der Waals surface area contributed by atoms with Crippen LogP contribution in [0.15, 0.2) is 29.1 Å². The van der Waals surface area contributed by atoms with E-state index in [1.807, 2.05) is 25.1 Å². The molecule has 1 aromatic carbocycles. The predicted molar refractivity (Wildman–Crippen MR) is 66.1 cm³/mol. The van der Waals surface area contributed by atoms with Gasteiger partial charge in [0.1, 0.15) is 5.82 Å². The summed E-state index contributed by atoms with van der Waals surface area (Å²) in [5.74, 6) is 1.22. The molecule has 0 amide bonds. The molecule has 0 aliphatic rings. The number of fused-ring (bicyclic) bond motifs is 1. The topological polar surface area (TPSA) is 34.9 Å². The molecule has 4 heteroatoms. The van der Waals surface area contributed by atoms with E-state index in [1.54, 1.807) is 10.6 Å². The summed E-state index contributed by atoms with van der Waals surface area (Å²) >= 11 is 5.70. The quantitative estimate of drug-likeness (QED) is 0.766. The van der Waals surface area contributed by atoms with Gasteiger partial charge >= 0.3 is 0 Å². The van der Waals surface area contributed by atoms with Crippen LogP contribution in [0.25, 0.3) is 10.9 Å². The second-order valence-electron chi connectivity index (χ2n) is 3.54. The number of hydrogen-bond acceptors (Lipinski definition) is 2. The van der Waals surface area contributed by atoms with Gasteiger partial charge in [-0.2, -0.15) is 0 Å². The molecule has 2 rings (SSSR count). The summed E-state index contributed by atoms with van der Waals surface area (Å²) in [6, 6.07) is 7.40. The first kappa shape index (κ1) is 11.1. The van der Waals surface area contributed by atoms with Gasteiger partial charge in [-0.05, 0) is 12.1 Å². The molecule has 84 valence electrons. The Morgan fingerprint density at radius 2 is 2.12 bits per heavy atom. The average Bonchev–Trinajstić information content (AvgIpc) is 2.33. The highest BCUT2D eigenvalue weighted by molar-refractivity contribution is 6.17. The Bertz CT molecular complexity index is 562. The standard InChI is InChI=1S/C12H13ClN2O/c1-2-11-14-10-6-4-3-5-9(10)12(16)15(11)8-7-13/h3-6H,2,7-8H2,1H3. The van der Waals surface area contributed by atoms with Crippen molar-refractivity contribution in [3.8, 4) is 0 Å². The van der Waals surface area contributed by atoms with Crippen LogP contribution in [-0.4, -0.2) is 15.4 Å². The van der Waals surface area contributed by atoms with Gasteiger partial charge in [0, 0.05) is 18.8 Å². The van der Waals surface area contributed by atoms with E-state index >= 15 is 0 Å². The van der Waals surface area contributed by atoms with Crippen LogP contribution in [0, 0.1) is 0 Å². The maximum atomic E-state index is 12.2. The molecule has 0 radical (unpaired) electrons. The highest BCUT2D eigenvalue weighted by atomic mass is 35.5. The van der Waals surface area contributed by atoms with Crippen molar-refractivity contribution in [1.29, 1.82) is 0 Å². The second kappa shape index (κ2) is 4.66. The maximum Gasteiger partial charge on any atom is 0.261 e. The number of hydrogen-bond donors (Lipinski definition) is 0. The molecule has 0 aliphatic carbocycles. The monoisotopic (exact) mass is 236 g/mol. The highest BCUT2D eigenvalue weighted by Gasteiger charge is 2.08. The van der Waals surface area contributed by atoms with E-state index in [4.69, 9.17) is 11.6 Å².